The topological polar surface area (TPSA) is 57.1 Å². The second-order valence-corrected chi connectivity index (χ2v) is 2.55. The van der Waals surface area contributed by atoms with E-state index in [9.17, 15) is 4.79 Å². The maximum atomic E-state index is 11.3. The number of piperazine rings is 1. The molecule has 1 saturated heterocycles. The summed E-state index contributed by atoms with van der Waals surface area (Å²) in [5.41, 5.74) is 0. The number of nitrogens with one attached hydrogen (secondary N) is 1. The molecule has 0 bridgehead atoms. The van der Waals surface area contributed by atoms with E-state index in [0.717, 1.165) is 6.54 Å². The maximum Gasteiger partial charge on any atom is 0.242 e. The van der Waals surface area contributed by atoms with Crippen molar-refractivity contribution in [1.82, 2.24) is 10.2 Å². The molecule has 1 heterocycles. The van der Waals surface area contributed by atoms with Crippen molar-refractivity contribution in [3.8, 4) is 0 Å². The van der Waals surface area contributed by atoms with Gasteiger partial charge in [0.15, 0.2) is 5.82 Å². The van der Waals surface area contributed by atoms with Crippen LogP contribution in [0, 0.1) is 0 Å². The Balaban J connectivity index is 2.77. The molecule has 0 unspecified atom stereocenters. The SMILES string of the molecule is C=NC=C(N=C)N1CCNCC1=O. The number of aliphatic imine (C=N–C) groups is 2. The van der Waals surface area contributed by atoms with Crippen molar-refractivity contribution in [2.75, 3.05) is 19.6 Å². The molecule has 0 atom stereocenters. The predicted molar refractivity (Wildman–Crippen MR) is 51.8 cm³/mol. The largest absolute Gasteiger partial charge is 0.307 e. The summed E-state index contributed by atoms with van der Waals surface area (Å²) in [6.07, 6.45) is 1.43. The first-order valence-corrected chi connectivity index (χ1v) is 3.93. The molecule has 0 radical (unpaired) electrons. The zero-order valence-corrected chi connectivity index (χ0v) is 7.36. The van der Waals surface area contributed by atoms with Crippen LogP contribution in [0.5, 0.6) is 0 Å². The number of amides is 1. The molecule has 1 aliphatic rings. The molecule has 1 rings (SSSR count). The van der Waals surface area contributed by atoms with Crippen LogP contribution in [0.25, 0.3) is 0 Å². The van der Waals surface area contributed by atoms with Gasteiger partial charge in [-0.05, 0) is 13.4 Å². The van der Waals surface area contributed by atoms with Crippen molar-refractivity contribution in [2.45, 2.75) is 0 Å². The number of rotatable bonds is 3. The zero-order chi connectivity index (χ0) is 9.68. The highest BCUT2D eigenvalue weighted by Gasteiger charge is 2.20. The summed E-state index contributed by atoms with van der Waals surface area (Å²) in [7, 11) is 0. The minimum Gasteiger partial charge on any atom is -0.307 e. The smallest absolute Gasteiger partial charge is 0.242 e. The molecule has 0 aliphatic carbocycles. The zero-order valence-electron chi connectivity index (χ0n) is 7.36. The standard InChI is InChI=1S/C8H12N4O/c1-9-5-7(10-2)12-4-3-11-6-8(12)13/h5,11H,1-4,6H2. The number of hydrogen-bond acceptors (Lipinski definition) is 4. The molecule has 70 valence electrons. The van der Waals surface area contributed by atoms with Gasteiger partial charge in [-0.25, -0.2) is 4.99 Å². The summed E-state index contributed by atoms with van der Waals surface area (Å²) in [4.78, 5) is 20.1. The summed E-state index contributed by atoms with van der Waals surface area (Å²) >= 11 is 0. The first kappa shape index (κ1) is 9.60. The van der Waals surface area contributed by atoms with Crippen molar-refractivity contribution in [2.24, 2.45) is 9.98 Å². The van der Waals surface area contributed by atoms with Crippen LogP contribution in [0.2, 0.25) is 0 Å². The number of nitrogens with zero attached hydrogens (tertiary/aromatic N) is 3. The molecule has 0 aromatic rings. The second-order valence-electron chi connectivity index (χ2n) is 2.55. The lowest BCUT2D eigenvalue weighted by molar-refractivity contribution is -0.129. The molecular formula is C8H12N4O. The van der Waals surface area contributed by atoms with Gasteiger partial charge in [0.05, 0.1) is 12.7 Å². The second kappa shape index (κ2) is 4.51. The summed E-state index contributed by atoms with van der Waals surface area (Å²) in [5, 5.41) is 2.96. The van der Waals surface area contributed by atoms with Crippen molar-refractivity contribution in [1.29, 1.82) is 0 Å². The fourth-order valence-electron chi connectivity index (χ4n) is 1.13. The third-order valence-electron chi connectivity index (χ3n) is 1.73. The summed E-state index contributed by atoms with van der Waals surface area (Å²) in [5.74, 6) is 0.440. The van der Waals surface area contributed by atoms with E-state index in [2.05, 4.69) is 28.7 Å². The Bertz CT molecular complexity index is 259. The van der Waals surface area contributed by atoms with Gasteiger partial charge in [-0.2, -0.15) is 0 Å². The molecule has 5 heteroatoms. The Morgan fingerprint density at radius 3 is 2.92 bits per heavy atom. The lowest BCUT2D eigenvalue weighted by Crippen LogP contribution is -2.47. The molecule has 1 fully saturated rings. The summed E-state index contributed by atoms with van der Waals surface area (Å²) < 4.78 is 0. The Labute approximate surface area is 76.9 Å². The lowest BCUT2D eigenvalue weighted by Gasteiger charge is -2.26. The van der Waals surface area contributed by atoms with Crippen LogP contribution in [0.3, 0.4) is 0 Å². The quantitative estimate of drug-likeness (QED) is 0.602. The van der Waals surface area contributed by atoms with E-state index < -0.39 is 0 Å². The van der Waals surface area contributed by atoms with E-state index in [1.807, 2.05) is 0 Å². The molecule has 13 heavy (non-hydrogen) atoms. The van der Waals surface area contributed by atoms with Gasteiger partial charge in [-0.1, -0.05) is 0 Å². The number of hydrogen-bond donors (Lipinski definition) is 1. The van der Waals surface area contributed by atoms with Gasteiger partial charge in [0, 0.05) is 13.1 Å². The summed E-state index contributed by atoms with van der Waals surface area (Å²) in [6, 6.07) is 0. The van der Waals surface area contributed by atoms with E-state index in [1.165, 1.54) is 11.1 Å². The fraction of sp³-hybridized carbons (Fsp3) is 0.375. The van der Waals surface area contributed by atoms with Crippen LogP contribution >= 0.6 is 0 Å². The molecule has 0 spiro atoms. The van der Waals surface area contributed by atoms with Crippen molar-refractivity contribution in [3.05, 3.63) is 12.0 Å². The van der Waals surface area contributed by atoms with E-state index in [-0.39, 0.29) is 5.91 Å². The Kier molecular flexibility index (Phi) is 3.33. The molecule has 0 aromatic carbocycles. The van der Waals surface area contributed by atoms with E-state index in [1.54, 1.807) is 0 Å². The molecule has 1 N–H and O–H groups in total. The van der Waals surface area contributed by atoms with Crippen LogP contribution in [0.1, 0.15) is 0 Å². The monoisotopic (exact) mass is 180 g/mol. The van der Waals surface area contributed by atoms with Crippen molar-refractivity contribution in [3.63, 3.8) is 0 Å². The molecule has 1 amide bonds. The van der Waals surface area contributed by atoms with Gasteiger partial charge in [0.25, 0.3) is 0 Å². The molecule has 0 aromatic heterocycles. The van der Waals surface area contributed by atoms with Crippen LogP contribution in [0.4, 0.5) is 0 Å². The number of carbonyl (C=O) groups excluding carboxylic acids is 1. The molecule has 5 nitrogen and oxygen atoms in total. The van der Waals surface area contributed by atoms with Gasteiger partial charge in [0.1, 0.15) is 0 Å². The van der Waals surface area contributed by atoms with Gasteiger partial charge in [-0.3, -0.25) is 14.7 Å². The van der Waals surface area contributed by atoms with Gasteiger partial charge < -0.3 is 5.32 Å². The van der Waals surface area contributed by atoms with Crippen molar-refractivity contribution < 1.29 is 4.79 Å². The molecule has 1 aliphatic heterocycles. The fourth-order valence-corrected chi connectivity index (χ4v) is 1.13. The van der Waals surface area contributed by atoms with Crippen LogP contribution in [-0.4, -0.2) is 43.9 Å². The van der Waals surface area contributed by atoms with Gasteiger partial charge >= 0.3 is 0 Å². The predicted octanol–water partition coefficient (Wildman–Crippen LogP) is -0.382. The van der Waals surface area contributed by atoms with E-state index >= 15 is 0 Å². The number of carbonyl (C=O) groups is 1. The Hall–Kier alpha value is -1.49. The highest BCUT2D eigenvalue weighted by molar-refractivity contribution is 5.80. The third kappa shape index (κ3) is 2.22. The first-order chi connectivity index (χ1) is 6.29. The average Bonchev–Trinajstić information content (AvgIpc) is 2.16. The molecule has 0 saturated carbocycles. The Morgan fingerprint density at radius 1 is 1.62 bits per heavy atom. The van der Waals surface area contributed by atoms with Crippen LogP contribution in [-0.2, 0) is 4.79 Å². The van der Waals surface area contributed by atoms with Crippen LogP contribution < -0.4 is 5.32 Å². The lowest BCUT2D eigenvalue weighted by atomic mass is 10.3. The molecular weight excluding hydrogens is 168 g/mol. The minimum atomic E-state index is -0.0199. The first-order valence-electron chi connectivity index (χ1n) is 3.93. The Morgan fingerprint density at radius 2 is 2.38 bits per heavy atom. The maximum absolute atomic E-state index is 11.3. The van der Waals surface area contributed by atoms with Gasteiger partial charge in [-0.15, -0.1) is 0 Å². The minimum absolute atomic E-state index is 0.0199. The van der Waals surface area contributed by atoms with E-state index in [0.29, 0.717) is 18.9 Å². The highest BCUT2D eigenvalue weighted by Crippen LogP contribution is 2.07. The normalized spacial score (nSPS) is 18.6. The summed E-state index contributed by atoms with van der Waals surface area (Å²) in [6.45, 7) is 8.36. The highest BCUT2D eigenvalue weighted by atomic mass is 16.2. The van der Waals surface area contributed by atoms with Crippen LogP contribution in [0.15, 0.2) is 22.0 Å². The third-order valence-corrected chi connectivity index (χ3v) is 1.73. The average molecular weight is 180 g/mol. The van der Waals surface area contributed by atoms with E-state index in [4.69, 9.17) is 0 Å². The van der Waals surface area contributed by atoms with Gasteiger partial charge in [0.2, 0.25) is 5.91 Å². The van der Waals surface area contributed by atoms with Crippen molar-refractivity contribution >= 4 is 19.3 Å².